The minimum Gasteiger partial charge on any atom is -0.355 e. The molecule has 1 N–H and O–H groups in total. The summed E-state index contributed by atoms with van der Waals surface area (Å²) < 4.78 is 27.4. The highest BCUT2D eigenvalue weighted by Crippen LogP contribution is 2.22. The van der Waals surface area contributed by atoms with Crippen LogP contribution in [0.4, 0.5) is 11.6 Å². The van der Waals surface area contributed by atoms with E-state index in [1.807, 2.05) is 12.1 Å². The van der Waals surface area contributed by atoms with Crippen LogP contribution < -0.4 is 9.62 Å². The van der Waals surface area contributed by atoms with E-state index in [2.05, 4.69) is 26.7 Å². The van der Waals surface area contributed by atoms with Crippen molar-refractivity contribution in [1.29, 1.82) is 0 Å². The fraction of sp³-hybridized carbons (Fsp3) is 0.412. The number of piperidine rings is 1. The molecule has 3 rings (SSSR count). The molecule has 0 aliphatic carbocycles. The second-order valence-corrected chi connectivity index (χ2v) is 7.97. The molecule has 0 atom stereocenters. The highest BCUT2D eigenvalue weighted by molar-refractivity contribution is 7.92. The standard InChI is InChI=1S/C17H22N4O2S/c1-13-9-11-21(12-10-13)17-8-7-16(18-19-17)20-24(22,23)15-6-4-3-5-14(15)2/h3-8,13H,9-12H2,1-2H3,(H,18,20). The van der Waals surface area contributed by atoms with Crippen molar-refractivity contribution in [2.75, 3.05) is 22.7 Å². The van der Waals surface area contributed by atoms with E-state index in [0.29, 0.717) is 5.56 Å². The highest BCUT2D eigenvalue weighted by Gasteiger charge is 2.19. The van der Waals surface area contributed by atoms with Crippen molar-refractivity contribution in [3.8, 4) is 0 Å². The molecule has 0 bridgehead atoms. The second kappa shape index (κ2) is 6.76. The lowest BCUT2D eigenvalue weighted by Crippen LogP contribution is -2.33. The van der Waals surface area contributed by atoms with Gasteiger partial charge in [0.15, 0.2) is 11.6 Å². The molecule has 1 aliphatic rings. The van der Waals surface area contributed by atoms with Crippen LogP contribution in [-0.4, -0.2) is 31.7 Å². The summed E-state index contributed by atoms with van der Waals surface area (Å²) in [6.07, 6.45) is 2.28. The van der Waals surface area contributed by atoms with Crippen LogP contribution in [0.1, 0.15) is 25.3 Å². The van der Waals surface area contributed by atoms with Crippen LogP contribution in [0.2, 0.25) is 0 Å². The molecule has 0 amide bonds. The van der Waals surface area contributed by atoms with Crippen LogP contribution in [0, 0.1) is 12.8 Å². The quantitative estimate of drug-likeness (QED) is 0.921. The molecule has 0 radical (unpaired) electrons. The van der Waals surface area contributed by atoms with Gasteiger partial charge >= 0.3 is 0 Å². The zero-order valence-corrected chi connectivity index (χ0v) is 14.8. The van der Waals surface area contributed by atoms with Gasteiger partial charge in [-0.1, -0.05) is 25.1 Å². The highest BCUT2D eigenvalue weighted by atomic mass is 32.2. The molecule has 0 spiro atoms. The van der Waals surface area contributed by atoms with Gasteiger partial charge < -0.3 is 4.90 Å². The first-order valence-electron chi connectivity index (χ1n) is 8.13. The minimum absolute atomic E-state index is 0.229. The maximum Gasteiger partial charge on any atom is 0.263 e. The van der Waals surface area contributed by atoms with E-state index in [0.717, 1.165) is 37.7 Å². The molecule has 1 aromatic carbocycles. The third kappa shape index (κ3) is 3.67. The van der Waals surface area contributed by atoms with Crippen molar-refractivity contribution < 1.29 is 8.42 Å². The number of benzene rings is 1. The number of sulfonamides is 1. The third-order valence-corrected chi connectivity index (χ3v) is 5.90. The number of hydrogen-bond donors (Lipinski definition) is 1. The minimum atomic E-state index is -3.66. The molecule has 1 aliphatic heterocycles. The predicted molar refractivity (Wildman–Crippen MR) is 94.6 cm³/mol. The molecule has 6 nitrogen and oxygen atoms in total. The van der Waals surface area contributed by atoms with Gasteiger partial charge in [-0.15, -0.1) is 10.2 Å². The Morgan fingerprint density at radius 2 is 1.79 bits per heavy atom. The molecule has 0 unspecified atom stereocenters. The van der Waals surface area contributed by atoms with Crippen LogP contribution in [-0.2, 0) is 10.0 Å². The van der Waals surface area contributed by atoms with Gasteiger partial charge in [0.2, 0.25) is 0 Å². The molecular formula is C17H22N4O2S. The molecule has 0 saturated carbocycles. The Kier molecular flexibility index (Phi) is 4.71. The van der Waals surface area contributed by atoms with E-state index in [1.54, 1.807) is 31.2 Å². The summed E-state index contributed by atoms with van der Waals surface area (Å²) in [5.41, 5.74) is 0.692. The maximum absolute atomic E-state index is 12.5. The summed E-state index contributed by atoms with van der Waals surface area (Å²) in [4.78, 5) is 2.44. The van der Waals surface area contributed by atoms with E-state index >= 15 is 0 Å². The van der Waals surface area contributed by atoms with Crippen molar-refractivity contribution in [2.24, 2.45) is 5.92 Å². The van der Waals surface area contributed by atoms with E-state index < -0.39 is 10.0 Å². The van der Waals surface area contributed by atoms with Crippen LogP contribution in [0.3, 0.4) is 0 Å². The average molecular weight is 346 g/mol. The predicted octanol–water partition coefficient (Wildman–Crippen LogP) is 2.82. The van der Waals surface area contributed by atoms with Gasteiger partial charge in [-0.2, -0.15) is 0 Å². The van der Waals surface area contributed by atoms with Crippen molar-refractivity contribution >= 4 is 21.7 Å². The van der Waals surface area contributed by atoms with Crippen LogP contribution >= 0.6 is 0 Å². The SMILES string of the molecule is Cc1ccccc1S(=O)(=O)Nc1ccc(N2CCC(C)CC2)nn1. The zero-order valence-electron chi connectivity index (χ0n) is 13.9. The largest absolute Gasteiger partial charge is 0.355 e. The third-order valence-electron chi connectivity index (χ3n) is 4.38. The Bertz CT molecular complexity index is 798. The second-order valence-electron chi connectivity index (χ2n) is 6.32. The summed E-state index contributed by atoms with van der Waals surface area (Å²) in [7, 11) is -3.66. The van der Waals surface area contributed by atoms with Gasteiger partial charge in [-0.25, -0.2) is 8.42 Å². The first-order chi connectivity index (χ1) is 11.5. The van der Waals surface area contributed by atoms with E-state index in [9.17, 15) is 8.42 Å². The van der Waals surface area contributed by atoms with Crippen LogP contribution in [0.25, 0.3) is 0 Å². The Morgan fingerprint density at radius 1 is 1.08 bits per heavy atom. The Hall–Kier alpha value is -2.15. The number of rotatable bonds is 4. The number of anilines is 2. The first kappa shape index (κ1) is 16.7. The molecule has 7 heteroatoms. The van der Waals surface area contributed by atoms with Crippen molar-refractivity contribution in [1.82, 2.24) is 10.2 Å². The lowest BCUT2D eigenvalue weighted by atomic mass is 9.99. The van der Waals surface area contributed by atoms with Gasteiger partial charge in [-0.05, 0) is 49.4 Å². The van der Waals surface area contributed by atoms with Crippen molar-refractivity contribution in [3.05, 3.63) is 42.0 Å². The van der Waals surface area contributed by atoms with Crippen molar-refractivity contribution in [3.63, 3.8) is 0 Å². The Morgan fingerprint density at radius 3 is 2.42 bits per heavy atom. The summed E-state index contributed by atoms with van der Waals surface area (Å²) in [6, 6.07) is 10.3. The molecular weight excluding hydrogens is 324 g/mol. The molecule has 2 heterocycles. The van der Waals surface area contributed by atoms with Gasteiger partial charge in [0, 0.05) is 13.1 Å². The van der Waals surface area contributed by atoms with Gasteiger partial charge in [0.1, 0.15) is 0 Å². The molecule has 1 aromatic heterocycles. The van der Waals surface area contributed by atoms with Gasteiger partial charge in [-0.3, -0.25) is 4.72 Å². The number of nitrogens with zero attached hydrogens (tertiary/aromatic N) is 3. The van der Waals surface area contributed by atoms with Gasteiger partial charge in [0.25, 0.3) is 10.0 Å². The monoisotopic (exact) mass is 346 g/mol. The molecule has 1 fully saturated rings. The Balaban J connectivity index is 1.73. The van der Waals surface area contributed by atoms with Crippen molar-refractivity contribution in [2.45, 2.75) is 31.6 Å². The maximum atomic E-state index is 12.5. The first-order valence-corrected chi connectivity index (χ1v) is 9.61. The molecule has 1 saturated heterocycles. The van der Waals surface area contributed by atoms with E-state index in [4.69, 9.17) is 0 Å². The number of hydrogen-bond acceptors (Lipinski definition) is 5. The number of aromatic nitrogens is 2. The molecule has 128 valence electrons. The average Bonchev–Trinajstić information content (AvgIpc) is 2.56. The molecule has 24 heavy (non-hydrogen) atoms. The summed E-state index contributed by atoms with van der Waals surface area (Å²) in [5.74, 6) is 1.77. The lowest BCUT2D eigenvalue weighted by molar-refractivity contribution is 0.436. The summed E-state index contributed by atoms with van der Waals surface area (Å²) >= 11 is 0. The lowest BCUT2D eigenvalue weighted by Gasteiger charge is -2.30. The summed E-state index contributed by atoms with van der Waals surface area (Å²) in [6.45, 7) is 5.95. The fourth-order valence-corrected chi connectivity index (χ4v) is 4.08. The normalized spacial score (nSPS) is 16.2. The van der Waals surface area contributed by atoms with Crippen LogP contribution in [0.5, 0.6) is 0 Å². The van der Waals surface area contributed by atoms with E-state index in [1.165, 1.54) is 0 Å². The number of nitrogens with one attached hydrogen (secondary N) is 1. The van der Waals surface area contributed by atoms with E-state index in [-0.39, 0.29) is 10.7 Å². The van der Waals surface area contributed by atoms with Crippen LogP contribution in [0.15, 0.2) is 41.3 Å². The Labute approximate surface area is 143 Å². The zero-order chi connectivity index (χ0) is 17.2. The molecule has 2 aromatic rings. The fourth-order valence-electron chi connectivity index (χ4n) is 2.84. The van der Waals surface area contributed by atoms with Gasteiger partial charge in [0.05, 0.1) is 4.90 Å². The smallest absolute Gasteiger partial charge is 0.263 e. The number of aryl methyl sites for hydroxylation is 1. The summed E-state index contributed by atoms with van der Waals surface area (Å²) in [5, 5.41) is 8.21. The topological polar surface area (TPSA) is 75.2 Å².